The molecule has 2 aromatic rings. The largest absolute Gasteiger partial charge is 0.245 e. The average molecular weight is 405 g/mol. The first-order chi connectivity index (χ1) is 8.92. The fraction of sp³-hybridized carbons (Fsp3) is 0.0769. The SMILES string of the molecule is CS1(=O)=Nc2c(cc(Br)c(F)c2Br)-c2ccccc21. The van der Waals surface area contributed by atoms with Gasteiger partial charge >= 0.3 is 0 Å². The normalized spacial score (nSPS) is 20.4. The molecule has 0 radical (unpaired) electrons. The quantitative estimate of drug-likeness (QED) is 0.560. The van der Waals surface area contributed by atoms with Crippen LogP contribution in [0.25, 0.3) is 11.1 Å². The van der Waals surface area contributed by atoms with Crippen LogP contribution in [0.15, 0.2) is 48.5 Å². The minimum atomic E-state index is -2.54. The fourth-order valence-corrected chi connectivity index (χ4v) is 5.00. The Kier molecular flexibility index (Phi) is 3.07. The van der Waals surface area contributed by atoms with Crippen molar-refractivity contribution in [3.63, 3.8) is 0 Å². The molecule has 1 atom stereocenters. The number of hydrogen-bond acceptors (Lipinski definition) is 2. The lowest BCUT2D eigenvalue weighted by Gasteiger charge is -2.20. The summed E-state index contributed by atoms with van der Waals surface area (Å²) in [7, 11) is -2.54. The highest BCUT2D eigenvalue weighted by atomic mass is 79.9. The summed E-state index contributed by atoms with van der Waals surface area (Å²) < 4.78 is 31.3. The van der Waals surface area contributed by atoms with Crippen molar-refractivity contribution in [1.82, 2.24) is 0 Å². The molecule has 19 heavy (non-hydrogen) atoms. The molecule has 2 aromatic carbocycles. The number of hydrogen-bond donors (Lipinski definition) is 0. The van der Waals surface area contributed by atoms with Crippen LogP contribution in [0.1, 0.15) is 0 Å². The minimum absolute atomic E-state index is 0.237. The molecule has 1 aliphatic rings. The van der Waals surface area contributed by atoms with Crippen molar-refractivity contribution < 1.29 is 8.60 Å². The summed E-state index contributed by atoms with van der Waals surface area (Å²) in [4.78, 5) is 0.688. The van der Waals surface area contributed by atoms with Gasteiger partial charge in [-0.3, -0.25) is 0 Å². The third-order valence-corrected chi connectivity index (χ3v) is 5.99. The molecule has 2 nitrogen and oxygen atoms in total. The molecule has 0 bridgehead atoms. The lowest BCUT2D eigenvalue weighted by atomic mass is 10.0. The maximum Gasteiger partial charge on any atom is 0.153 e. The van der Waals surface area contributed by atoms with Crippen molar-refractivity contribution in [2.45, 2.75) is 4.90 Å². The molecule has 0 aliphatic carbocycles. The van der Waals surface area contributed by atoms with Crippen LogP contribution in [0, 0.1) is 5.82 Å². The summed E-state index contributed by atoms with van der Waals surface area (Å²) in [6.07, 6.45) is 1.57. The molecule has 0 amide bonds. The van der Waals surface area contributed by atoms with Crippen molar-refractivity contribution in [2.75, 3.05) is 6.26 Å². The maximum atomic E-state index is 13.9. The molecule has 1 unspecified atom stereocenters. The predicted octanol–water partition coefficient (Wildman–Crippen LogP) is 5.12. The molecule has 0 fully saturated rings. The first-order valence-electron chi connectivity index (χ1n) is 5.41. The van der Waals surface area contributed by atoms with Gasteiger partial charge in [0.25, 0.3) is 0 Å². The lowest BCUT2D eigenvalue weighted by molar-refractivity contribution is 0.615. The molecule has 1 heterocycles. The van der Waals surface area contributed by atoms with Gasteiger partial charge in [-0.05, 0) is 44.0 Å². The summed E-state index contributed by atoms with van der Waals surface area (Å²) in [6.45, 7) is 0. The molecule has 0 saturated carbocycles. The molecule has 1 aliphatic heterocycles. The van der Waals surface area contributed by atoms with Crippen LogP contribution < -0.4 is 0 Å². The molecule has 98 valence electrons. The van der Waals surface area contributed by atoms with Crippen LogP contribution in [0.3, 0.4) is 0 Å². The fourth-order valence-electron chi connectivity index (χ4n) is 2.12. The van der Waals surface area contributed by atoms with Gasteiger partial charge in [0, 0.05) is 17.4 Å². The van der Waals surface area contributed by atoms with Gasteiger partial charge in [0.1, 0.15) is 0 Å². The summed E-state index contributed by atoms with van der Waals surface area (Å²) in [5, 5.41) is 0. The van der Waals surface area contributed by atoms with Crippen LogP contribution in [-0.4, -0.2) is 10.5 Å². The van der Waals surface area contributed by atoms with Gasteiger partial charge in [-0.15, -0.1) is 0 Å². The van der Waals surface area contributed by atoms with E-state index in [0.29, 0.717) is 15.1 Å². The van der Waals surface area contributed by atoms with E-state index < -0.39 is 15.5 Å². The Bertz CT molecular complexity index is 826. The van der Waals surface area contributed by atoms with E-state index in [1.807, 2.05) is 18.2 Å². The van der Waals surface area contributed by atoms with E-state index in [2.05, 4.69) is 36.2 Å². The highest BCUT2D eigenvalue weighted by Gasteiger charge is 2.25. The highest BCUT2D eigenvalue weighted by Crippen LogP contribution is 2.47. The first-order valence-corrected chi connectivity index (χ1v) is 8.92. The minimum Gasteiger partial charge on any atom is -0.245 e. The smallest absolute Gasteiger partial charge is 0.153 e. The number of nitrogens with zero attached hydrogens (tertiary/aromatic N) is 1. The lowest BCUT2D eigenvalue weighted by Crippen LogP contribution is -2.05. The van der Waals surface area contributed by atoms with Gasteiger partial charge in [-0.1, -0.05) is 18.2 Å². The van der Waals surface area contributed by atoms with Crippen molar-refractivity contribution in [3.05, 3.63) is 45.1 Å². The van der Waals surface area contributed by atoms with Gasteiger partial charge in [-0.25, -0.2) is 8.60 Å². The van der Waals surface area contributed by atoms with E-state index in [1.54, 1.807) is 18.4 Å². The number of fused-ring (bicyclic) bond motifs is 3. The van der Waals surface area contributed by atoms with E-state index in [-0.39, 0.29) is 4.47 Å². The van der Waals surface area contributed by atoms with Crippen LogP contribution in [0.5, 0.6) is 0 Å². The Morgan fingerprint density at radius 3 is 2.63 bits per heavy atom. The zero-order valence-electron chi connectivity index (χ0n) is 9.78. The first kappa shape index (κ1) is 13.3. The summed E-state index contributed by atoms with van der Waals surface area (Å²) in [6, 6.07) is 9.05. The molecule has 0 spiro atoms. The van der Waals surface area contributed by atoms with Crippen LogP contribution in [0.4, 0.5) is 10.1 Å². The summed E-state index contributed by atoms with van der Waals surface area (Å²) in [5.74, 6) is -0.433. The van der Waals surface area contributed by atoms with Crippen LogP contribution in [0.2, 0.25) is 0 Å². The van der Waals surface area contributed by atoms with Crippen LogP contribution >= 0.6 is 31.9 Å². The van der Waals surface area contributed by atoms with Gasteiger partial charge < -0.3 is 0 Å². The predicted molar refractivity (Wildman–Crippen MR) is 81.7 cm³/mol. The van der Waals surface area contributed by atoms with Crippen molar-refractivity contribution in [1.29, 1.82) is 0 Å². The van der Waals surface area contributed by atoms with Crippen molar-refractivity contribution in [3.8, 4) is 11.1 Å². The maximum absolute atomic E-state index is 13.9. The molecular weight excluding hydrogens is 397 g/mol. The molecular formula is C13H8Br2FNOS. The number of rotatable bonds is 0. The topological polar surface area (TPSA) is 29.4 Å². The van der Waals surface area contributed by atoms with Crippen LogP contribution in [-0.2, 0) is 9.73 Å². The zero-order valence-corrected chi connectivity index (χ0v) is 13.8. The van der Waals surface area contributed by atoms with Gasteiger partial charge in [0.15, 0.2) is 5.82 Å². The van der Waals surface area contributed by atoms with E-state index in [0.717, 1.165) is 11.1 Å². The molecule has 6 heteroatoms. The van der Waals surface area contributed by atoms with Crippen molar-refractivity contribution in [2.24, 2.45) is 4.36 Å². The molecule has 0 aromatic heterocycles. The Morgan fingerprint density at radius 2 is 1.89 bits per heavy atom. The zero-order chi connectivity index (χ0) is 13.8. The Balaban J connectivity index is 2.52. The Hall–Kier alpha value is -0.720. The second kappa shape index (κ2) is 4.40. The molecule has 0 saturated heterocycles. The third-order valence-electron chi connectivity index (χ3n) is 2.99. The second-order valence-corrected chi connectivity index (χ2v) is 8.15. The number of halogens is 3. The van der Waals surface area contributed by atoms with E-state index in [9.17, 15) is 8.60 Å². The Labute approximate surface area is 127 Å². The van der Waals surface area contributed by atoms with Gasteiger partial charge in [0.2, 0.25) is 0 Å². The van der Waals surface area contributed by atoms with E-state index in [4.69, 9.17) is 0 Å². The summed E-state index contributed by atoms with van der Waals surface area (Å²) in [5.41, 5.74) is 2.02. The highest BCUT2D eigenvalue weighted by molar-refractivity contribution is 9.11. The third kappa shape index (κ3) is 1.97. The summed E-state index contributed by atoms with van der Waals surface area (Å²) >= 11 is 6.38. The average Bonchev–Trinajstić information content (AvgIpc) is 2.38. The van der Waals surface area contributed by atoms with E-state index >= 15 is 0 Å². The second-order valence-electron chi connectivity index (χ2n) is 4.27. The Morgan fingerprint density at radius 1 is 1.21 bits per heavy atom. The standard InChI is InChI=1S/C13H8Br2FNOS/c1-19(18)10-5-3-2-4-7(10)8-6-9(14)12(16)11(15)13(8)17-19/h2-6H,1H3. The monoisotopic (exact) mass is 403 g/mol. The molecule has 0 N–H and O–H groups in total. The van der Waals surface area contributed by atoms with Gasteiger partial charge in [0.05, 0.1) is 29.3 Å². The van der Waals surface area contributed by atoms with E-state index in [1.165, 1.54) is 0 Å². The number of benzene rings is 2. The van der Waals surface area contributed by atoms with Crippen molar-refractivity contribution >= 4 is 47.3 Å². The molecule has 3 rings (SSSR count). The van der Waals surface area contributed by atoms with Gasteiger partial charge in [-0.2, -0.15) is 4.36 Å².